The highest BCUT2D eigenvalue weighted by atomic mass is 32.2. The maximum absolute atomic E-state index is 13.1. The lowest BCUT2D eigenvalue weighted by molar-refractivity contribution is 0.0993. The van der Waals surface area contributed by atoms with Crippen LogP contribution in [0.1, 0.15) is 54.7 Å². The fourth-order valence-corrected chi connectivity index (χ4v) is 4.99. The third-order valence-electron chi connectivity index (χ3n) is 5.56. The fraction of sp³-hybridized carbons (Fsp3) is 0.375. The zero-order valence-electron chi connectivity index (χ0n) is 17.9. The lowest BCUT2D eigenvalue weighted by Crippen LogP contribution is -2.15. The van der Waals surface area contributed by atoms with Gasteiger partial charge in [0.25, 0.3) is 0 Å². The number of ether oxygens (including phenoxy) is 1. The molecule has 1 aliphatic rings. The Morgan fingerprint density at radius 3 is 2.47 bits per heavy atom. The minimum atomic E-state index is -0.241. The van der Waals surface area contributed by atoms with Gasteiger partial charge in [-0.05, 0) is 81.5 Å². The number of methoxy groups -OCH3 is 1. The van der Waals surface area contributed by atoms with Gasteiger partial charge in [0.15, 0.2) is 16.8 Å². The topological polar surface area (TPSA) is 57.0 Å². The summed E-state index contributed by atoms with van der Waals surface area (Å²) in [5.41, 5.74) is 4.48. The second kappa shape index (κ2) is 8.64. The molecule has 1 heterocycles. The van der Waals surface area contributed by atoms with E-state index < -0.39 is 0 Å². The van der Waals surface area contributed by atoms with Crippen LogP contribution in [-0.2, 0) is 12.8 Å². The summed E-state index contributed by atoms with van der Waals surface area (Å²) < 4.78 is 7.35. The van der Waals surface area contributed by atoms with Crippen LogP contribution in [0.25, 0.3) is 11.4 Å². The summed E-state index contributed by atoms with van der Waals surface area (Å²) in [4.78, 5) is 13.1. The summed E-state index contributed by atoms with van der Waals surface area (Å²) in [7, 11) is 1.65. The molecule has 2 aromatic carbocycles. The van der Waals surface area contributed by atoms with Gasteiger partial charge in [0, 0.05) is 17.2 Å². The molecule has 3 aromatic rings. The number of hydrogen-bond acceptors (Lipinski definition) is 5. The van der Waals surface area contributed by atoms with Gasteiger partial charge in [0.2, 0.25) is 0 Å². The SMILES string of the molecule is COc1ccc(-c2nnc(S[C@@H](C)C(=O)c3ccc4c(c3)CCC4)n2C(C)C)cc1. The summed E-state index contributed by atoms with van der Waals surface area (Å²) in [6, 6.07) is 14.1. The second-order valence-corrected chi connectivity index (χ2v) is 9.27. The lowest BCUT2D eigenvalue weighted by Gasteiger charge is -2.16. The first-order valence-corrected chi connectivity index (χ1v) is 11.3. The quantitative estimate of drug-likeness (QED) is 0.378. The molecule has 0 unspecified atom stereocenters. The van der Waals surface area contributed by atoms with Crippen LogP contribution < -0.4 is 4.74 Å². The zero-order chi connectivity index (χ0) is 21.3. The van der Waals surface area contributed by atoms with Crippen molar-refractivity contribution in [2.45, 2.75) is 56.5 Å². The van der Waals surface area contributed by atoms with Crippen molar-refractivity contribution < 1.29 is 9.53 Å². The van der Waals surface area contributed by atoms with Crippen molar-refractivity contribution in [1.82, 2.24) is 14.8 Å². The molecule has 0 saturated carbocycles. The number of nitrogens with zero attached hydrogens (tertiary/aromatic N) is 3. The third kappa shape index (κ3) is 4.01. The summed E-state index contributed by atoms with van der Waals surface area (Å²) in [6.45, 7) is 6.16. The van der Waals surface area contributed by atoms with Crippen LogP contribution in [0, 0.1) is 0 Å². The Morgan fingerprint density at radius 2 is 1.77 bits per heavy atom. The van der Waals surface area contributed by atoms with E-state index in [1.807, 2.05) is 37.3 Å². The van der Waals surface area contributed by atoms with Crippen LogP contribution in [0.5, 0.6) is 5.75 Å². The number of benzene rings is 2. The standard InChI is InChI=1S/C24H27N3O2S/c1-15(2)27-23(18-10-12-21(29-4)13-11-18)25-26-24(27)30-16(3)22(28)20-9-8-17-6-5-7-19(17)14-20/h8-16H,5-7H2,1-4H3/t16-/m0/s1. The van der Waals surface area contributed by atoms with Gasteiger partial charge in [-0.2, -0.15) is 0 Å². The molecule has 30 heavy (non-hydrogen) atoms. The molecular formula is C24H27N3O2S. The van der Waals surface area contributed by atoms with Gasteiger partial charge in [0.05, 0.1) is 12.4 Å². The smallest absolute Gasteiger partial charge is 0.192 e. The Bertz CT molecular complexity index is 1060. The monoisotopic (exact) mass is 421 g/mol. The lowest BCUT2D eigenvalue weighted by atomic mass is 10.0. The number of carbonyl (C=O) groups is 1. The number of carbonyl (C=O) groups excluding carboxylic acids is 1. The molecule has 0 N–H and O–H groups in total. The van der Waals surface area contributed by atoms with Crippen molar-refractivity contribution in [2.75, 3.05) is 7.11 Å². The van der Waals surface area contributed by atoms with Crippen molar-refractivity contribution in [3.63, 3.8) is 0 Å². The number of aromatic nitrogens is 3. The molecule has 1 atom stereocenters. The molecule has 4 rings (SSSR count). The minimum Gasteiger partial charge on any atom is -0.497 e. The Balaban J connectivity index is 1.57. The van der Waals surface area contributed by atoms with Gasteiger partial charge < -0.3 is 4.74 Å². The van der Waals surface area contributed by atoms with Gasteiger partial charge in [-0.15, -0.1) is 10.2 Å². The third-order valence-corrected chi connectivity index (χ3v) is 6.62. The van der Waals surface area contributed by atoms with Crippen molar-refractivity contribution in [1.29, 1.82) is 0 Å². The zero-order valence-corrected chi connectivity index (χ0v) is 18.7. The van der Waals surface area contributed by atoms with E-state index in [4.69, 9.17) is 4.74 Å². The van der Waals surface area contributed by atoms with E-state index in [1.54, 1.807) is 7.11 Å². The molecule has 0 aliphatic heterocycles. The second-order valence-electron chi connectivity index (χ2n) is 7.96. The van der Waals surface area contributed by atoms with Crippen LogP contribution >= 0.6 is 11.8 Å². The number of aryl methyl sites for hydroxylation is 2. The highest BCUT2D eigenvalue weighted by molar-refractivity contribution is 8.00. The van der Waals surface area contributed by atoms with E-state index in [9.17, 15) is 4.79 Å². The molecule has 0 bridgehead atoms. The average molecular weight is 422 g/mol. The summed E-state index contributed by atoms with van der Waals surface area (Å²) in [5.74, 6) is 1.74. The van der Waals surface area contributed by atoms with Gasteiger partial charge in [-0.25, -0.2) is 0 Å². The number of rotatable bonds is 7. The number of thioether (sulfide) groups is 1. The van der Waals surface area contributed by atoms with E-state index in [2.05, 4.69) is 40.7 Å². The molecule has 1 aromatic heterocycles. The largest absolute Gasteiger partial charge is 0.497 e. The van der Waals surface area contributed by atoms with E-state index in [1.165, 1.54) is 29.3 Å². The minimum absolute atomic E-state index is 0.138. The first kappa shape index (κ1) is 20.7. The van der Waals surface area contributed by atoms with Crippen molar-refractivity contribution >= 4 is 17.5 Å². The highest BCUT2D eigenvalue weighted by Gasteiger charge is 2.24. The first-order chi connectivity index (χ1) is 14.5. The Labute approximate surface area is 181 Å². The molecule has 0 fully saturated rings. The number of Topliss-reactive ketones (excluding diaryl/α,β-unsaturated/α-hetero) is 1. The molecule has 5 nitrogen and oxygen atoms in total. The van der Waals surface area contributed by atoms with Crippen molar-refractivity contribution in [3.05, 3.63) is 59.2 Å². The Hall–Kier alpha value is -2.60. The fourth-order valence-electron chi connectivity index (χ4n) is 3.93. The summed E-state index contributed by atoms with van der Waals surface area (Å²) in [5, 5.41) is 9.38. The van der Waals surface area contributed by atoms with Crippen molar-refractivity contribution in [3.8, 4) is 17.1 Å². The molecule has 6 heteroatoms. The van der Waals surface area contributed by atoms with Gasteiger partial charge in [-0.3, -0.25) is 9.36 Å². The van der Waals surface area contributed by atoms with Gasteiger partial charge >= 0.3 is 0 Å². The summed E-state index contributed by atoms with van der Waals surface area (Å²) in [6.07, 6.45) is 3.38. The Morgan fingerprint density at radius 1 is 1.03 bits per heavy atom. The molecule has 0 saturated heterocycles. The van der Waals surface area contributed by atoms with Crippen LogP contribution in [0.2, 0.25) is 0 Å². The maximum Gasteiger partial charge on any atom is 0.192 e. The maximum atomic E-state index is 13.1. The van der Waals surface area contributed by atoms with Crippen LogP contribution in [0.15, 0.2) is 47.6 Å². The molecule has 0 amide bonds. The van der Waals surface area contributed by atoms with Crippen LogP contribution in [0.3, 0.4) is 0 Å². The van der Waals surface area contributed by atoms with E-state index in [-0.39, 0.29) is 17.1 Å². The van der Waals surface area contributed by atoms with E-state index in [0.717, 1.165) is 40.7 Å². The number of fused-ring (bicyclic) bond motifs is 1. The predicted molar refractivity (Wildman–Crippen MR) is 121 cm³/mol. The van der Waals surface area contributed by atoms with Crippen LogP contribution in [-0.4, -0.2) is 32.9 Å². The van der Waals surface area contributed by atoms with Gasteiger partial charge in [0.1, 0.15) is 5.75 Å². The van der Waals surface area contributed by atoms with Gasteiger partial charge in [-0.1, -0.05) is 23.9 Å². The normalized spacial score (nSPS) is 14.0. The highest BCUT2D eigenvalue weighted by Crippen LogP contribution is 2.32. The summed E-state index contributed by atoms with van der Waals surface area (Å²) >= 11 is 1.47. The molecule has 1 aliphatic carbocycles. The first-order valence-electron chi connectivity index (χ1n) is 10.4. The predicted octanol–water partition coefficient (Wildman–Crippen LogP) is 5.39. The van der Waals surface area contributed by atoms with Crippen LogP contribution in [0.4, 0.5) is 0 Å². The Kier molecular flexibility index (Phi) is 5.95. The van der Waals surface area contributed by atoms with Crippen molar-refractivity contribution in [2.24, 2.45) is 0 Å². The van der Waals surface area contributed by atoms with E-state index >= 15 is 0 Å². The molecule has 156 valence electrons. The average Bonchev–Trinajstić information content (AvgIpc) is 3.39. The molecular weight excluding hydrogens is 394 g/mol. The number of ketones is 1. The molecule has 0 spiro atoms. The molecule has 0 radical (unpaired) electrons. The number of hydrogen-bond donors (Lipinski definition) is 0. The van der Waals surface area contributed by atoms with E-state index in [0.29, 0.717) is 0 Å².